The van der Waals surface area contributed by atoms with E-state index in [-0.39, 0.29) is 24.1 Å². The van der Waals surface area contributed by atoms with Crippen molar-refractivity contribution in [3.05, 3.63) is 57.5 Å². The predicted octanol–water partition coefficient (Wildman–Crippen LogP) is 4.40. The highest BCUT2D eigenvalue weighted by molar-refractivity contribution is 9.10. The summed E-state index contributed by atoms with van der Waals surface area (Å²) in [6, 6.07) is 15.8. The minimum atomic E-state index is -0.340. The van der Waals surface area contributed by atoms with E-state index in [1.807, 2.05) is 48.5 Å². The number of anilines is 2. The first kappa shape index (κ1) is 22.6. The molecule has 1 aliphatic heterocycles. The van der Waals surface area contributed by atoms with Crippen LogP contribution in [0.2, 0.25) is 0 Å². The summed E-state index contributed by atoms with van der Waals surface area (Å²) in [6.45, 7) is 4.82. The number of ether oxygens (including phenoxy) is 2. The number of nitrogens with zero attached hydrogens (tertiary/aromatic N) is 2. The highest BCUT2D eigenvalue weighted by Crippen LogP contribution is 2.25. The average molecular weight is 540 g/mol. The van der Waals surface area contributed by atoms with Gasteiger partial charge in [0, 0.05) is 34.2 Å². The second-order valence-electron chi connectivity index (χ2n) is 7.23. The third kappa shape index (κ3) is 6.47. The molecule has 0 aromatic heterocycles. The van der Waals surface area contributed by atoms with Gasteiger partial charge in [-0.3, -0.25) is 9.59 Å². The minimum absolute atomic E-state index is 0.316. The molecule has 160 valence electrons. The predicted molar refractivity (Wildman–Crippen MR) is 124 cm³/mol. The largest absolute Gasteiger partial charge is 0.459 e. The molecule has 0 amide bonds. The SMILES string of the molecule is CC(=O)OC1CN(c2ccc(Br)cc2)CC(OC(C)=O)CN(c2ccc(Br)cc2)C1. The zero-order chi connectivity index (χ0) is 21.7. The normalized spacial score (nSPS) is 19.6. The summed E-state index contributed by atoms with van der Waals surface area (Å²) < 4.78 is 13.2. The Morgan fingerprint density at radius 1 is 0.700 bits per heavy atom. The maximum Gasteiger partial charge on any atom is 0.303 e. The second kappa shape index (κ2) is 10.3. The molecule has 6 nitrogen and oxygen atoms in total. The highest BCUT2D eigenvalue weighted by Gasteiger charge is 2.29. The van der Waals surface area contributed by atoms with Gasteiger partial charge in [-0.05, 0) is 48.5 Å². The Balaban J connectivity index is 1.91. The first-order valence-electron chi connectivity index (χ1n) is 9.65. The molecular formula is C22H24Br2N2O4. The quantitative estimate of drug-likeness (QED) is 0.537. The van der Waals surface area contributed by atoms with Crippen molar-refractivity contribution in [3.63, 3.8) is 0 Å². The number of carbonyl (C=O) groups is 2. The first-order chi connectivity index (χ1) is 14.3. The zero-order valence-corrected chi connectivity index (χ0v) is 20.1. The fraction of sp³-hybridized carbons (Fsp3) is 0.364. The fourth-order valence-electron chi connectivity index (χ4n) is 3.59. The van der Waals surface area contributed by atoms with Crippen LogP contribution in [0, 0.1) is 0 Å². The van der Waals surface area contributed by atoms with Gasteiger partial charge >= 0.3 is 11.9 Å². The van der Waals surface area contributed by atoms with Crippen molar-refractivity contribution >= 4 is 55.2 Å². The lowest BCUT2D eigenvalue weighted by Gasteiger charge is -2.39. The smallest absolute Gasteiger partial charge is 0.303 e. The van der Waals surface area contributed by atoms with E-state index in [1.165, 1.54) is 13.8 Å². The van der Waals surface area contributed by atoms with Crippen LogP contribution in [-0.2, 0) is 19.1 Å². The summed E-state index contributed by atoms with van der Waals surface area (Å²) in [6.07, 6.45) is -0.679. The van der Waals surface area contributed by atoms with Crippen molar-refractivity contribution in [1.82, 2.24) is 0 Å². The van der Waals surface area contributed by atoms with E-state index in [0.29, 0.717) is 26.2 Å². The number of benzene rings is 2. The van der Waals surface area contributed by atoms with Gasteiger partial charge in [0.05, 0.1) is 26.2 Å². The lowest BCUT2D eigenvalue weighted by atomic mass is 10.1. The zero-order valence-electron chi connectivity index (χ0n) is 16.9. The molecule has 3 rings (SSSR count). The van der Waals surface area contributed by atoms with Crippen LogP contribution < -0.4 is 9.80 Å². The first-order valence-corrected chi connectivity index (χ1v) is 11.2. The Kier molecular flexibility index (Phi) is 7.77. The lowest BCUT2D eigenvalue weighted by molar-refractivity contribution is -0.146. The summed E-state index contributed by atoms with van der Waals surface area (Å²) in [5.41, 5.74) is 1.95. The summed E-state index contributed by atoms with van der Waals surface area (Å²) in [5.74, 6) is -0.632. The lowest BCUT2D eigenvalue weighted by Crippen LogP contribution is -2.52. The standard InChI is InChI=1S/C22H24Br2N2O4/c1-15(27)29-21-11-25(19-7-3-17(23)4-8-19)13-22(30-16(2)28)14-26(12-21)20-9-5-18(24)6-10-20/h3-10,21-22H,11-14H2,1-2H3. The molecule has 0 spiro atoms. The van der Waals surface area contributed by atoms with Crippen molar-refractivity contribution in [2.45, 2.75) is 26.1 Å². The number of esters is 2. The summed E-state index contributed by atoms with van der Waals surface area (Å²) >= 11 is 6.92. The van der Waals surface area contributed by atoms with Gasteiger partial charge in [-0.25, -0.2) is 0 Å². The van der Waals surface area contributed by atoms with Crippen molar-refractivity contribution in [3.8, 4) is 0 Å². The Bertz CT molecular complexity index is 788. The second-order valence-corrected chi connectivity index (χ2v) is 9.06. The number of rotatable bonds is 4. The number of hydrogen-bond donors (Lipinski definition) is 0. The molecule has 0 radical (unpaired) electrons. The van der Waals surface area contributed by atoms with E-state index in [1.54, 1.807) is 0 Å². The maximum atomic E-state index is 11.8. The van der Waals surface area contributed by atoms with Gasteiger partial charge in [0.2, 0.25) is 0 Å². The van der Waals surface area contributed by atoms with Crippen molar-refractivity contribution in [2.24, 2.45) is 0 Å². The van der Waals surface area contributed by atoms with Crippen molar-refractivity contribution < 1.29 is 19.1 Å². The van der Waals surface area contributed by atoms with Gasteiger partial charge in [0.1, 0.15) is 12.2 Å². The van der Waals surface area contributed by atoms with Gasteiger partial charge in [0.15, 0.2) is 0 Å². The summed E-state index contributed by atoms with van der Waals surface area (Å²) in [7, 11) is 0. The van der Waals surface area contributed by atoms with Crippen LogP contribution in [0.1, 0.15) is 13.8 Å². The topological polar surface area (TPSA) is 59.1 Å². The van der Waals surface area contributed by atoms with E-state index in [2.05, 4.69) is 41.7 Å². The van der Waals surface area contributed by atoms with Crippen molar-refractivity contribution in [1.29, 1.82) is 0 Å². The molecule has 0 unspecified atom stereocenters. The van der Waals surface area contributed by atoms with Gasteiger partial charge < -0.3 is 19.3 Å². The Labute approximate surface area is 193 Å². The van der Waals surface area contributed by atoms with Gasteiger partial charge in [0.25, 0.3) is 0 Å². The Morgan fingerprint density at radius 2 is 1.00 bits per heavy atom. The van der Waals surface area contributed by atoms with Crippen LogP contribution in [0.25, 0.3) is 0 Å². The van der Waals surface area contributed by atoms with E-state index in [4.69, 9.17) is 9.47 Å². The van der Waals surface area contributed by atoms with Crippen LogP contribution in [0.15, 0.2) is 57.5 Å². The van der Waals surface area contributed by atoms with Crippen LogP contribution in [0.3, 0.4) is 0 Å². The molecule has 1 heterocycles. The molecule has 1 saturated heterocycles. The van der Waals surface area contributed by atoms with Gasteiger partial charge in [-0.2, -0.15) is 0 Å². The van der Waals surface area contributed by atoms with Crippen molar-refractivity contribution in [2.75, 3.05) is 36.0 Å². The molecule has 0 atom stereocenters. The molecule has 8 heteroatoms. The third-order valence-electron chi connectivity index (χ3n) is 4.74. The van der Waals surface area contributed by atoms with E-state index in [0.717, 1.165) is 20.3 Å². The minimum Gasteiger partial charge on any atom is -0.459 e. The average Bonchev–Trinajstić information content (AvgIpc) is 2.65. The third-order valence-corrected chi connectivity index (χ3v) is 5.80. The van der Waals surface area contributed by atoms with Crippen LogP contribution in [0.4, 0.5) is 11.4 Å². The van der Waals surface area contributed by atoms with Gasteiger partial charge in [-0.15, -0.1) is 0 Å². The molecule has 2 aromatic carbocycles. The maximum absolute atomic E-state index is 11.8. The van der Waals surface area contributed by atoms with Crippen LogP contribution in [-0.4, -0.2) is 50.3 Å². The summed E-state index contributed by atoms with van der Waals surface area (Å²) in [4.78, 5) is 27.7. The molecular weight excluding hydrogens is 516 g/mol. The Hall–Kier alpha value is -2.06. The molecule has 0 N–H and O–H groups in total. The number of hydrogen-bond acceptors (Lipinski definition) is 6. The van der Waals surface area contributed by atoms with E-state index in [9.17, 15) is 9.59 Å². The molecule has 1 fully saturated rings. The monoisotopic (exact) mass is 538 g/mol. The van der Waals surface area contributed by atoms with Crippen LogP contribution in [0.5, 0.6) is 0 Å². The fourth-order valence-corrected chi connectivity index (χ4v) is 4.12. The number of carbonyl (C=O) groups excluding carboxylic acids is 2. The Morgan fingerprint density at radius 3 is 1.27 bits per heavy atom. The molecule has 1 aliphatic rings. The number of halogens is 2. The molecule has 30 heavy (non-hydrogen) atoms. The van der Waals surface area contributed by atoms with E-state index < -0.39 is 0 Å². The summed E-state index contributed by atoms with van der Waals surface area (Å²) in [5, 5.41) is 0. The molecule has 2 aromatic rings. The van der Waals surface area contributed by atoms with Crippen LogP contribution >= 0.6 is 31.9 Å². The molecule has 0 saturated carbocycles. The van der Waals surface area contributed by atoms with Gasteiger partial charge in [-0.1, -0.05) is 31.9 Å². The molecule has 0 bridgehead atoms. The van der Waals surface area contributed by atoms with E-state index >= 15 is 0 Å². The molecule has 0 aliphatic carbocycles. The highest BCUT2D eigenvalue weighted by atomic mass is 79.9.